The molecule has 0 heterocycles. The van der Waals surface area contributed by atoms with Gasteiger partial charge in [-0.25, -0.2) is 13.2 Å². The molecule has 0 saturated heterocycles. The van der Waals surface area contributed by atoms with Crippen molar-refractivity contribution in [1.29, 1.82) is 0 Å². The first kappa shape index (κ1) is 14.7. The highest BCUT2D eigenvalue weighted by molar-refractivity contribution is 8.00. The summed E-state index contributed by atoms with van der Waals surface area (Å²) in [6.07, 6.45) is -0.333. The number of Topliss-reactive ketones (excluding diaryl/α,β-unsaturated/α-hetero) is 1. The maximum atomic E-state index is 13.4. The van der Waals surface area contributed by atoms with Gasteiger partial charge in [-0.2, -0.15) is 0 Å². The van der Waals surface area contributed by atoms with Gasteiger partial charge in [-0.1, -0.05) is 18.2 Å². The Balaban J connectivity index is 1.98. The average Bonchev–Trinajstić information content (AvgIpc) is 2.42. The molecule has 104 valence electrons. The van der Waals surface area contributed by atoms with Gasteiger partial charge in [0.2, 0.25) is 0 Å². The third kappa shape index (κ3) is 3.63. The molecule has 0 fully saturated rings. The molecule has 0 aliphatic carbocycles. The minimum Gasteiger partial charge on any atom is -0.298 e. The standard InChI is InChI=1S/C15H11F3OS/c16-12-5-3-6-13(17)11(12)8-10(19)9-20-15-7-2-1-4-14(15)18/h1-7H,8-9H2. The van der Waals surface area contributed by atoms with Gasteiger partial charge in [0.05, 0.1) is 5.75 Å². The van der Waals surface area contributed by atoms with E-state index in [9.17, 15) is 18.0 Å². The Labute approximate surface area is 118 Å². The van der Waals surface area contributed by atoms with Gasteiger partial charge < -0.3 is 0 Å². The summed E-state index contributed by atoms with van der Waals surface area (Å²) in [6, 6.07) is 9.51. The minimum absolute atomic E-state index is 0.0330. The fourth-order valence-corrected chi connectivity index (χ4v) is 2.47. The number of hydrogen-bond acceptors (Lipinski definition) is 2. The first-order chi connectivity index (χ1) is 9.58. The fourth-order valence-electron chi connectivity index (χ4n) is 1.67. The zero-order chi connectivity index (χ0) is 14.5. The molecule has 1 nitrogen and oxygen atoms in total. The summed E-state index contributed by atoms with van der Waals surface area (Å²) in [6.45, 7) is 0. The van der Waals surface area contributed by atoms with Crippen molar-refractivity contribution in [2.75, 3.05) is 5.75 Å². The number of hydrogen-bond donors (Lipinski definition) is 0. The normalized spacial score (nSPS) is 10.6. The highest BCUT2D eigenvalue weighted by atomic mass is 32.2. The molecule has 0 spiro atoms. The van der Waals surface area contributed by atoms with E-state index in [1.165, 1.54) is 12.1 Å². The summed E-state index contributed by atoms with van der Waals surface area (Å²) in [5, 5.41) is 0. The average molecular weight is 296 g/mol. The molecule has 2 aromatic rings. The van der Waals surface area contributed by atoms with Gasteiger partial charge in [-0.3, -0.25) is 4.79 Å². The second kappa shape index (κ2) is 6.61. The molecule has 0 radical (unpaired) electrons. The highest BCUT2D eigenvalue weighted by Crippen LogP contribution is 2.22. The molecule has 20 heavy (non-hydrogen) atoms. The number of halogens is 3. The van der Waals surface area contributed by atoms with E-state index in [1.54, 1.807) is 18.2 Å². The van der Waals surface area contributed by atoms with Crippen LogP contribution in [0.25, 0.3) is 0 Å². The van der Waals surface area contributed by atoms with E-state index in [0.717, 1.165) is 23.9 Å². The van der Waals surface area contributed by atoms with Crippen molar-refractivity contribution in [2.24, 2.45) is 0 Å². The summed E-state index contributed by atoms with van der Waals surface area (Å²) in [7, 11) is 0. The molecule has 0 unspecified atom stereocenters. The molecule has 0 aromatic heterocycles. The van der Waals surface area contributed by atoms with Crippen LogP contribution in [-0.4, -0.2) is 11.5 Å². The van der Waals surface area contributed by atoms with Crippen LogP contribution >= 0.6 is 11.8 Å². The van der Waals surface area contributed by atoms with Crippen molar-refractivity contribution < 1.29 is 18.0 Å². The van der Waals surface area contributed by atoms with Crippen molar-refractivity contribution in [1.82, 2.24) is 0 Å². The minimum atomic E-state index is -0.741. The van der Waals surface area contributed by atoms with Gasteiger partial charge >= 0.3 is 0 Å². The monoisotopic (exact) mass is 296 g/mol. The number of carbonyl (C=O) groups is 1. The first-order valence-corrected chi connectivity index (χ1v) is 6.88. The van der Waals surface area contributed by atoms with Gasteiger partial charge in [0.15, 0.2) is 0 Å². The van der Waals surface area contributed by atoms with Gasteiger partial charge in [0.25, 0.3) is 0 Å². The Morgan fingerprint density at radius 3 is 2.15 bits per heavy atom. The molecule has 2 aromatic carbocycles. The third-order valence-corrected chi connectivity index (χ3v) is 3.77. The molecule has 0 atom stereocenters. The molecular formula is C15H11F3OS. The Hall–Kier alpha value is -1.75. The Kier molecular flexibility index (Phi) is 4.84. The summed E-state index contributed by atoms with van der Waals surface area (Å²) < 4.78 is 40.1. The van der Waals surface area contributed by atoms with Crippen molar-refractivity contribution >= 4 is 17.5 Å². The number of rotatable bonds is 5. The van der Waals surface area contributed by atoms with E-state index < -0.39 is 17.5 Å². The van der Waals surface area contributed by atoms with Crippen LogP contribution in [0, 0.1) is 17.5 Å². The van der Waals surface area contributed by atoms with Crippen LogP contribution < -0.4 is 0 Å². The molecule has 0 saturated carbocycles. The van der Waals surface area contributed by atoms with E-state index in [2.05, 4.69) is 0 Å². The predicted molar refractivity (Wildman–Crippen MR) is 72.2 cm³/mol. The summed E-state index contributed by atoms with van der Waals surface area (Å²) in [5.41, 5.74) is -0.244. The van der Waals surface area contributed by atoms with E-state index in [0.29, 0.717) is 4.90 Å². The number of thioether (sulfide) groups is 1. The second-order valence-corrected chi connectivity index (χ2v) is 5.15. The largest absolute Gasteiger partial charge is 0.298 e. The zero-order valence-electron chi connectivity index (χ0n) is 10.4. The quantitative estimate of drug-likeness (QED) is 0.776. The highest BCUT2D eigenvalue weighted by Gasteiger charge is 2.13. The fraction of sp³-hybridized carbons (Fsp3) is 0.133. The summed E-state index contributed by atoms with van der Waals surface area (Å²) in [4.78, 5) is 12.1. The maximum absolute atomic E-state index is 13.4. The van der Waals surface area contributed by atoms with Crippen molar-refractivity contribution in [2.45, 2.75) is 11.3 Å². The van der Waals surface area contributed by atoms with Crippen molar-refractivity contribution in [3.05, 3.63) is 65.5 Å². The molecule has 2 rings (SSSR count). The zero-order valence-corrected chi connectivity index (χ0v) is 11.2. The summed E-state index contributed by atoms with van der Waals surface area (Å²) >= 11 is 1.02. The SMILES string of the molecule is O=C(CSc1ccccc1F)Cc1c(F)cccc1F. The smallest absolute Gasteiger partial charge is 0.147 e. The summed E-state index contributed by atoms with van der Waals surface area (Å²) in [5.74, 6) is -2.29. The van der Waals surface area contributed by atoms with E-state index >= 15 is 0 Å². The molecule has 0 aliphatic rings. The van der Waals surface area contributed by atoms with Gasteiger partial charge in [-0.05, 0) is 24.3 Å². The van der Waals surface area contributed by atoms with Gasteiger partial charge in [0.1, 0.15) is 23.2 Å². The third-order valence-electron chi connectivity index (χ3n) is 2.66. The van der Waals surface area contributed by atoms with Crippen LogP contribution in [0.2, 0.25) is 0 Å². The Morgan fingerprint density at radius 2 is 1.50 bits per heavy atom. The lowest BCUT2D eigenvalue weighted by molar-refractivity contribution is -0.116. The number of ketones is 1. The van der Waals surface area contributed by atoms with Crippen molar-refractivity contribution in [3.63, 3.8) is 0 Å². The van der Waals surface area contributed by atoms with Crippen LogP contribution in [0.5, 0.6) is 0 Å². The molecule has 0 amide bonds. The lowest BCUT2D eigenvalue weighted by Crippen LogP contribution is -2.09. The second-order valence-electron chi connectivity index (χ2n) is 4.13. The maximum Gasteiger partial charge on any atom is 0.147 e. The van der Waals surface area contributed by atoms with E-state index in [1.807, 2.05) is 0 Å². The first-order valence-electron chi connectivity index (χ1n) is 5.90. The van der Waals surface area contributed by atoms with E-state index in [4.69, 9.17) is 0 Å². The Bertz CT molecular complexity index is 608. The Morgan fingerprint density at radius 1 is 0.900 bits per heavy atom. The molecule has 0 N–H and O–H groups in total. The van der Waals surface area contributed by atoms with Crippen LogP contribution in [0.1, 0.15) is 5.56 Å². The van der Waals surface area contributed by atoms with E-state index in [-0.39, 0.29) is 23.5 Å². The van der Waals surface area contributed by atoms with Crippen LogP contribution in [0.15, 0.2) is 47.4 Å². The van der Waals surface area contributed by atoms with Crippen molar-refractivity contribution in [3.8, 4) is 0 Å². The van der Waals surface area contributed by atoms with Crippen LogP contribution in [-0.2, 0) is 11.2 Å². The molecule has 5 heteroatoms. The van der Waals surface area contributed by atoms with Gasteiger partial charge in [-0.15, -0.1) is 11.8 Å². The number of benzene rings is 2. The number of carbonyl (C=O) groups excluding carboxylic acids is 1. The van der Waals surface area contributed by atoms with Crippen LogP contribution in [0.3, 0.4) is 0 Å². The topological polar surface area (TPSA) is 17.1 Å². The van der Waals surface area contributed by atoms with Gasteiger partial charge in [0, 0.05) is 16.9 Å². The lowest BCUT2D eigenvalue weighted by Gasteiger charge is -2.05. The molecular weight excluding hydrogens is 285 g/mol. The lowest BCUT2D eigenvalue weighted by atomic mass is 10.1. The molecule has 0 bridgehead atoms. The van der Waals surface area contributed by atoms with Crippen LogP contribution in [0.4, 0.5) is 13.2 Å². The predicted octanol–water partition coefficient (Wildman–Crippen LogP) is 4.01. The molecule has 0 aliphatic heterocycles.